The van der Waals surface area contributed by atoms with Gasteiger partial charge in [0, 0.05) is 0 Å². The Morgan fingerprint density at radius 2 is 0.681 bits per heavy atom. The maximum absolute atomic E-state index is 12.0. The van der Waals surface area contributed by atoms with E-state index in [1.807, 2.05) is 12.1 Å². The van der Waals surface area contributed by atoms with E-state index in [0.29, 0.717) is 0 Å². The van der Waals surface area contributed by atoms with E-state index >= 15 is 0 Å². The molecule has 0 amide bonds. The zero-order valence-corrected chi connectivity index (χ0v) is 45.8. The van der Waals surface area contributed by atoms with Crippen molar-refractivity contribution in [1.29, 1.82) is 0 Å². The molecule has 5 heteroatoms. The van der Waals surface area contributed by atoms with Crippen LogP contribution in [0.15, 0.2) is 158 Å². The first-order valence-corrected chi connectivity index (χ1v) is 31.7. The van der Waals surface area contributed by atoms with Gasteiger partial charge in [-0.3, -0.25) is 0 Å². The molecule has 0 saturated heterocycles. The van der Waals surface area contributed by atoms with Crippen LogP contribution in [-0.4, -0.2) is 10.2 Å². The summed E-state index contributed by atoms with van der Waals surface area (Å²) in [4.78, 5) is 0. The SMILES string of the molecule is CC(C)(C)c1cc(-c2ccccc2)c(-c2ccc(O)c(-c3cccc4[n+]3[Zr]([CH3])([CH3])[n+]3c(-c5cc(-c6c(-c7ccccc7)cc(C(C)(C)C)cc6C(C)(C)C)ccc5O)cccc3-4)c2)c(C(C)(C)C)c1. The van der Waals surface area contributed by atoms with Gasteiger partial charge in [0.25, 0.3) is 0 Å². The summed E-state index contributed by atoms with van der Waals surface area (Å²) in [5.41, 5.74) is 19.8. The average Bonchev–Trinajstić information content (AvgIpc) is 3.54. The Morgan fingerprint density at radius 1 is 0.333 bits per heavy atom. The van der Waals surface area contributed by atoms with Crippen LogP contribution in [-0.2, 0) is 42.5 Å². The van der Waals surface area contributed by atoms with Gasteiger partial charge in [-0.2, -0.15) is 0 Å². The van der Waals surface area contributed by atoms with Crippen LogP contribution in [0.3, 0.4) is 0 Å². The van der Waals surface area contributed by atoms with Gasteiger partial charge in [-0.25, -0.2) is 0 Å². The molecule has 69 heavy (non-hydrogen) atoms. The maximum atomic E-state index is 12.0. The van der Waals surface area contributed by atoms with Crippen molar-refractivity contribution in [2.24, 2.45) is 0 Å². The van der Waals surface area contributed by atoms with Crippen LogP contribution in [0.2, 0.25) is 9.26 Å². The zero-order chi connectivity index (χ0) is 49.6. The van der Waals surface area contributed by atoms with Crippen molar-refractivity contribution in [2.75, 3.05) is 0 Å². The van der Waals surface area contributed by atoms with Crippen LogP contribution in [0.4, 0.5) is 0 Å². The molecule has 0 aliphatic carbocycles. The van der Waals surface area contributed by atoms with Gasteiger partial charge in [0.05, 0.1) is 0 Å². The molecule has 2 aromatic heterocycles. The Hall–Kier alpha value is -5.90. The third-order valence-corrected chi connectivity index (χ3v) is 22.0. The molecule has 0 unspecified atom stereocenters. The standard InChI is InChI=1S/C62H64N2O2.2CH3.Zr/c1-59(2,3)43-35-45(39-21-15-13-16-22-39)57(49(37-43)61(7,8)9)41-29-31-55(65)47(33-41)51-25-19-27-53(63-51)54-28-20-26-52(64-54)48-34-42(30-32-56(48)66)58-46(40-23-17-14-18-24-40)36-44(60(4,5)6)38-50(58)62(10,11)12;;;/h13-38,65-66H,1-12H3;2*1H3;/q;;;+2. The first kappa shape index (κ1) is 48.1. The summed E-state index contributed by atoms with van der Waals surface area (Å²) in [6, 6.07) is 56.5. The molecule has 1 aliphatic rings. The number of phenols is 2. The van der Waals surface area contributed by atoms with E-state index in [1.54, 1.807) is 0 Å². The van der Waals surface area contributed by atoms with Crippen molar-refractivity contribution in [3.63, 3.8) is 0 Å². The zero-order valence-electron chi connectivity index (χ0n) is 43.3. The fraction of sp³-hybridized carbons (Fsp3) is 0.281. The van der Waals surface area contributed by atoms with Crippen molar-refractivity contribution in [1.82, 2.24) is 0 Å². The summed E-state index contributed by atoms with van der Waals surface area (Å²) < 4.78 is 10.0. The van der Waals surface area contributed by atoms with Crippen LogP contribution >= 0.6 is 0 Å². The molecule has 6 aromatic carbocycles. The van der Waals surface area contributed by atoms with Gasteiger partial charge in [-0.15, -0.1) is 0 Å². The number of phenolic OH excluding ortho intramolecular Hbond substituents is 2. The number of benzene rings is 6. The molecule has 0 spiro atoms. The number of aromatic hydroxyl groups is 2. The predicted molar refractivity (Wildman–Crippen MR) is 286 cm³/mol. The van der Waals surface area contributed by atoms with Crippen molar-refractivity contribution >= 4 is 0 Å². The number of hydrogen-bond donors (Lipinski definition) is 2. The third kappa shape index (κ3) is 8.75. The fourth-order valence-corrected chi connectivity index (χ4v) is 18.7. The molecule has 9 rings (SSSR count). The van der Waals surface area contributed by atoms with Crippen LogP contribution in [0, 0.1) is 0 Å². The number of pyridine rings is 2. The van der Waals surface area contributed by atoms with Gasteiger partial charge in [0.15, 0.2) is 0 Å². The second kappa shape index (κ2) is 17.2. The molecule has 3 heterocycles. The molecular weight excluding hydrogens is 920 g/mol. The van der Waals surface area contributed by atoms with Crippen molar-refractivity contribution in [3.05, 3.63) is 180 Å². The van der Waals surface area contributed by atoms with Gasteiger partial charge in [-0.1, -0.05) is 0 Å². The molecule has 1 aliphatic heterocycles. The van der Waals surface area contributed by atoms with Crippen molar-refractivity contribution in [2.45, 2.75) is 114 Å². The molecule has 350 valence electrons. The van der Waals surface area contributed by atoms with Crippen molar-refractivity contribution in [3.8, 4) is 89.9 Å². The van der Waals surface area contributed by atoms with E-state index in [2.05, 4.69) is 243 Å². The van der Waals surface area contributed by atoms with E-state index in [4.69, 9.17) is 0 Å². The predicted octanol–water partition coefficient (Wildman–Crippen LogP) is 16.3. The van der Waals surface area contributed by atoms with E-state index in [9.17, 15) is 10.2 Å². The van der Waals surface area contributed by atoms with Gasteiger partial charge < -0.3 is 0 Å². The Bertz CT molecular complexity index is 3060. The molecule has 0 atom stereocenters. The Kier molecular flexibility index (Phi) is 12.0. The Labute approximate surface area is 417 Å². The van der Waals surface area contributed by atoms with Crippen LogP contribution < -0.4 is 5.02 Å². The fourth-order valence-electron chi connectivity index (χ4n) is 10.6. The summed E-state index contributed by atoms with van der Waals surface area (Å²) >= 11 is -3.78. The number of aromatic nitrogens is 2. The summed E-state index contributed by atoms with van der Waals surface area (Å²) in [7, 11) is 0. The van der Waals surface area contributed by atoms with E-state index < -0.39 is 20.8 Å². The van der Waals surface area contributed by atoms with Gasteiger partial charge in [0.1, 0.15) is 0 Å². The van der Waals surface area contributed by atoms with E-state index in [0.717, 1.165) is 45.0 Å². The third-order valence-electron chi connectivity index (χ3n) is 14.3. The second-order valence-corrected chi connectivity index (χ2v) is 33.4. The number of fused-ring (bicyclic) bond motifs is 3. The molecule has 0 bridgehead atoms. The minimum atomic E-state index is -3.78. The topological polar surface area (TPSA) is 48.2 Å². The van der Waals surface area contributed by atoms with Crippen LogP contribution in [0.5, 0.6) is 11.5 Å². The molecule has 0 saturated carbocycles. The van der Waals surface area contributed by atoms with Crippen LogP contribution in [0.25, 0.3) is 78.4 Å². The summed E-state index contributed by atoms with van der Waals surface area (Å²) in [5, 5.41) is 24.1. The average molecular weight is 990 g/mol. The monoisotopic (exact) mass is 988 g/mol. The van der Waals surface area contributed by atoms with E-state index in [1.165, 1.54) is 55.6 Å². The Balaban J connectivity index is 1.23. The molecule has 8 aromatic rings. The summed E-state index contributed by atoms with van der Waals surface area (Å²) in [5.74, 6) is 0.499. The Morgan fingerprint density at radius 3 is 1.01 bits per heavy atom. The number of hydrogen-bond acceptors (Lipinski definition) is 2. The molecular formula is C64H70N2O2Zr+2. The van der Waals surface area contributed by atoms with Gasteiger partial charge >= 0.3 is 420 Å². The number of rotatable bonds is 6. The van der Waals surface area contributed by atoms with Gasteiger partial charge in [0.2, 0.25) is 0 Å². The normalized spacial score (nSPS) is 13.6. The molecule has 2 N–H and O–H groups in total. The quantitative estimate of drug-likeness (QED) is 0.174. The summed E-state index contributed by atoms with van der Waals surface area (Å²) in [6.07, 6.45) is 0. The molecule has 0 radical (unpaired) electrons. The summed E-state index contributed by atoms with van der Waals surface area (Å²) in [6.45, 7) is 27.6. The molecule has 0 fully saturated rings. The first-order chi connectivity index (χ1) is 32.4. The van der Waals surface area contributed by atoms with E-state index in [-0.39, 0.29) is 33.2 Å². The molecule has 4 nitrogen and oxygen atoms in total. The second-order valence-electron chi connectivity index (χ2n) is 23.8. The first-order valence-electron chi connectivity index (χ1n) is 24.6. The van der Waals surface area contributed by atoms with Crippen molar-refractivity contribution < 1.29 is 36.1 Å². The minimum absolute atomic E-state index is 0.0518. The van der Waals surface area contributed by atoms with Gasteiger partial charge in [-0.05, 0) is 0 Å². The number of nitrogens with zero attached hydrogens (tertiary/aromatic N) is 2. The van der Waals surface area contributed by atoms with Crippen LogP contribution in [0.1, 0.15) is 105 Å².